The number of fused-ring (bicyclic) bond motifs is 2. The summed E-state index contributed by atoms with van der Waals surface area (Å²) < 4.78 is 51.2. The molecule has 1 saturated carbocycles. The molecule has 0 N–H and O–H groups in total. The van der Waals surface area contributed by atoms with Gasteiger partial charge in [-0.25, -0.2) is 9.59 Å². The van der Waals surface area contributed by atoms with E-state index in [1.165, 1.54) is 10.6 Å². The number of benzene rings is 1. The highest BCUT2D eigenvalue weighted by atomic mass is 32.2. The van der Waals surface area contributed by atoms with E-state index in [1.54, 1.807) is 51.8 Å². The molecule has 0 radical (unpaired) electrons. The van der Waals surface area contributed by atoms with E-state index >= 15 is 0 Å². The van der Waals surface area contributed by atoms with Gasteiger partial charge >= 0.3 is 11.8 Å². The Hall–Kier alpha value is -3.99. The van der Waals surface area contributed by atoms with Crippen molar-refractivity contribution < 1.29 is 26.8 Å². The Morgan fingerprint density at radius 2 is 1.71 bits per heavy atom. The number of aryl methyl sites for hydroxylation is 1. The molecule has 16 heteroatoms. The van der Waals surface area contributed by atoms with Gasteiger partial charge in [0.1, 0.15) is 26.0 Å². The van der Waals surface area contributed by atoms with Crippen molar-refractivity contribution >= 4 is 57.0 Å². The summed E-state index contributed by atoms with van der Waals surface area (Å²) in [6, 6.07) is 8.76. The van der Waals surface area contributed by atoms with E-state index in [1.807, 2.05) is 24.3 Å². The molecule has 1 aromatic carbocycles. The molecule has 0 unspecified atom stereocenters. The number of aromatic nitrogens is 4. The van der Waals surface area contributed by atoms with E-state index < -0.39 is 46.8 Å². The summed E-state index contributed by atoms with van der Waals surface area (Å²) >= 11 is 0.788. The zero-order valence-corrected chi connectivity index (χ0v) is 34.0. The Balaban J connectivity index is 1.43. The molecule has 1 amide bonds. The van der Waals surface area contributed by atoms with Crippen LogP contribution in [0.5, 0.6) is 0 Å². The Bertz CT molecular complexity index is 2420. The monoisotopic (exact) mass is 769 g/mol. The van der Waals surface area contributed by atoms with Crippen molar-refractivity contribution in [3.05, 3.63) is 80.5 Å². The molecule has 5 aromatic rings. The predicted molar refractivity (Wildman–Crippen MR) is 203 cm³/mol. The normalized spacial score (nSPS) is 15.0. The number of furan rings is 1. The Morgan fingerprint density at radius 1 is 1.04 bits per heavy atom. The maximum atomic E-state index is 14.3. The lowest BCUT2D eigenvalue weighted by Crippen LogP contribution is -2.47. The predicted octanol–water partition coefficient (Wildman–Crippen LogP) is 6.80. The molecule has 0 atom stereocenters. The van der Waals surface area contributed by atoms with E-state index in [4.69, 9.17) is 13.6 Å². The van der Waals surface area contributed by atoms with Crippen LogP contribution >= 0.6 is 11.3 Å². The van der Waals surface area contributed by atoms with Gasteiger partial charge in [-0.1, -0.05) is 26.8 Å². The fourth-order valence-electron chi connectivity index (χ4n) is 5.67. The summed E-state index contributed by atoms with van der Waals surface area (Å²) in [5.41, 5.74) is -1.13. The number of hydrogen-bond donors (Lipinski definition) is 0. The van der Waals surface area contributed by atoms with Gasteiger partial charge in [-0.15, -0.1) is 11.3 Å². The van der Waals surface area contributed by atoms with Gasteiger partial charge in [0, 0.05) is 24.2 Å². The number of hydrogen-bond acceptors (Lipinski definition) is 10. The van der Waals surface area contributed by atoms with Crippen LogP contribution in [0.25, 0.3) is 21.2 Å². The second kappa shape index (κ2) is 12.8. The highest BCUT2D eigenvalue weighted by Crippen LogP contribution is 2.46. The zero-order valence-electron chi connectivity index (χ0n) is 31.4. The van der Waals surface area contributed by atoms with Crippen LogP contribution in [0.4, 0.5) is 4.79 Å². The molecule has 4 aromatic heterocycles. The van der Waals surface area contributed by atoms with E-state index in [-0.39, 0.29) is 32.6 Å². The van der Waals surface area contributed by atoms with Gasteiger partial charge in [-0.2, -0.15) is 17.8 Å². The smallest absolute Gasteiger partial charge is 0.424 e. The second-order valence-electron chi connectivity index (χ2n) is 16.4. The Labute approximate surface area is 307 Å². The van der Waals surface area contributed by atoms with Gasteiger partial charge in [0.05, 0.1) is 36.8 Å². The van der Waals surface area contributed by atoms with Gasteiger partial charge in [0.25, 0.3) is 15.6 Å². The topological polar surface area (TPSA) is 148 Å². The maximum Gasteiger partial charge on any atom is 0.424 e. The summed E-state index contributed by atoms with van der Waals surface area (Å²) in [7, 11) is -4.77. The highest BCUT2D eigenvalue weighted by Gasteiger charge is 2.54. The third kappa shape index (κ3) is 7.30. The molecular formula is C36H47N5O8S2Si. The molecular weight excluding hydrogens is 723 g/mol. The molecule has 13 nitrogen and oxygen atoms in total. The van der Waals surface area contributed by atoms with Crippen LogP contribution in [0.3, 0.4) is 0 Å². The fraction of sp³-hybridized carbons (Fsp3) is 0.500. The molecule has 1 fully saturated rings. The first-order valence-electron chi connectivity index (χ1n) is 17.2. The van der Waals surface area contributed by atoms with Gasteiger partial charge < -0.3 is 13.6 Å². The Kier molecular flexibility index (Phi) is 9.33. The number of carbonyl (C=O) groups excluding carboxylic acids is 1. The van der Waals surface area contributed by atoms with Crippen LogP contribution in [-0.2, 0) is 45.9 Å². The first-order valence-corrected chi connectivity index (χ1v) is 22.3. The number of rotatable bonds is 10. The molecule has 280 valence electrons. The molecule has 4 heterocycles. The zero-order chi connectivity index (χ0) is 38.2. The summed E-state index contributed by atoms with van der Waals surface area (Å²) in [5.74, 6) is 0.688. The maximum absolute atomic E-state index is 14.3. The summed E-state index contributed by atoms with van der Waals surface area (Å²) in [4.78, 5) is 41.8. The molecule has 0 bridgehead atoms. The van der Waals surface area contributed by atoms with Crippen LogP contribution in [0.1, 0.15) is 78.2 Å². The van der Waals surface area contributed by atoms with Crippen molar-refractivity contribution in [1.29, 1.82) is 0 Å². The van der Waals surface area contributed by atoms with Crippen molar-refractivity contribution in [3.63, 3.8) is 0 Å². The van der Waals surface area contributed by atoms with Crippen molar-refractivity contribution in [2.45, 2.75) is 114 Å². The SMILES string of the molecule is Cn1cc(Cn2c(=O)c3cc(S(=O)(=O)N(C(=O)OC(C)(C)C)C4(C)CC4)sc3n(Cc3ccc4oc(CO[Si](C)(C)C(C)(C)C)cc4c3)c2=O)cn1. The quantitative estimate of drug-likeness (QED) is 0.140. The molecule has 1 aliphatic carbocycles. The van der Waals surface area contributed by atoms with Crippen molar-refractivity contribution in [1.82, 2.24) is 23.2 Å². The van der Waals surface area contributed by atoms with Crippen LogP contribution in [-0.4, -0.2) is 57.2 Å². The molecule has 6 rings (SSSR count). The Morgan fingerprint density at radius 3 is 2.31 bits per heavy atom. The number of amides is 1. The number of sulfonamides is 1. The molecule has 52 heavy (non-hydrogen) atoms. The van der Waals surface area contributed by atoms with Crippen LogP contribution in [0.2, 0.25) is 18.1 Å². The van der Waals surface area contributed by atoms with E-state index in [0.717, 1.165) is 31.2 Å². The highest BCUT2D eigenvalue weighted by molar-refractivity contribution is 7.92. The number of thiophene rings is 1. The van der Waals surface area contributed by atoms with E-state index in [9.17, 15) is 22.8 Å². The van der Waals surface area contributed by atoms with Crippen molar-refractivity contribution in [3.8, 4) is 0 Å². The molecule has 1 aliphatic rings. The van der Waals surface area contributed by atoms with Crippen LogP contribution < -0.4 is 11.2 Å². The standard InChI is InChI=1S/C36H47N5O8S2Si/c1-34(2,3)49-33(44)41(36(7)13-14-36)51(45,46)29-17-27-30(42)39(21-24-18-37-38(8)19-24)32(43)40(31(27)50-29)20-23-11-12-28-25(15-23)16-26(48-28)22-47-52(9,10)35(4,5)6/h11-12,15-19H,13-14,20-22H2,1-10H3. The number of carbonyl (C=O) groups is 1. The second-order valence-corrected chi connectivity index (χ2v) is 24.3. The number of ether oxygens (including phenoxy) is 1. The van der Waals surface area contributed by atoms with Gasteiger partial charge in [0.15, 0.2) is 8.32 Å². The summed E-state index contributed by atoms with van der Waals surface area (Å²) in [5, 5.41) is 5.08. The third-order valence-electron chi connectivity index (χ3n) is 9.84. The van der Waals surface area contributed by atoms with Gasteiger partial charge in [-0.3, -0.25) is 18.6 Å². The van der Waals surface area contributed by atoms with Crippen molar-refractivity contribution in [2.75, 3.05) is 0 Å². The minimum atomic E-state index is -4.49. The van der Waals surface area contributed by atoms with Gasteiger partial charge in [0.2, 0.25) is 0 Å². The fourth-order valence-corrected chi connectivity index (χ4v) is 9.81. The minimum Gasteiger partial charge on any atom is -0.459 e. The van der Waals surface area contributed by atoms with E-state index in [2.05, 4.69) is 39.0 Å². The lowest BCUT2D eigenvalue weighted by atomic mass is 10.1. The largest absolute Gasteiger partial charge is 0.459 e. The molecule has 0 saturated heterocycles. The minimum absolute atomic E-state index is 0.0348. The van der Waals surface area contributed by atoms with E-state index in [0.29, 0.717) is 36.4 Å². The third-order valence-corrected chi connectivity index (χ3v) is 17.9. The summed E-state index contributed by atoms with van der Waals surface area (Å²) in [6.07, 6.45) is 3.23. The van der Waals surface area contributed by atoms with Crippen molar-refractivity contribution in [2.24, 2.45) is 7.05 Å². The lowest BCUT2D eigenvalue weighted by Gasteiger charge is -2.35. The van der Waals surface area contributed by atoms with Crippen LogP contribution in [0, 0.1) is 0 Å². The average Bonchev–Trinajstić information content (AvgIpc) is 3.37. The molecule has 0 aliphatic heterocycles. The average molecular weight is 770 g/mol. The lowest BCUT2D eigenvalue weighted by molar-refractivity contribution is 0.0332. The summed E-state index contributed by atoms with van der Waals surface area (Å²) in [6.45, 7) is 17.9. The van der Waals surface area contributed by atoms with Gasteiger partial charge in [-0.05, 0) is 88.5 Å². The van der Waals surface area contributed by atoms with Crippen LogP contribution in [0.15, 0.2) is 60.9 Å². The first kappa shape index (κ1) is 37.8. The molecule has 0 spiro atoms. The first-order chi connectivity index (χ1) is 24.0. The number of nitrogens with zero attached hydrogens (tertiary/aromatic N) is 5.